The highest BCUT2D eigenvalue weighted by atomic mass is 127. The molecule has 3 rings (SSSR count). The molecule has 1 aromatic carbocycles. The molecule has 26 heavy (non-hydrogen) atoms. The highest BCUT2D eigenvalue weighted by molar-refractivity contribution is 14.0. The third kappa shape index (κ3) is 5.79. The van der Waals surface area contributed by atoms with E-state index in [4.69, 9.17) is 0 Å². The average molecular weight is 465 g/mol. The molecule has 0 radical (unpaired) electrons. The van der Waals surface area contributed by atoms with Gasteiger partial charge in [0.1, 0.15) is 0 Å². The van der Waals surface area contributed by atoms with Gasteiger partial charge in [0.15, 0.2) is 5.96 Å². The van der Waals surface area contributed by atoms with Gasteiger partial charge in [-0.25, -0.2) is 4.99 Å². The predicted molar refractivity (Wildman–Crippen MR) is 120 cm³/mol. The largest absolute Gasteiger partial charge is 0.364 e. The minimum absolute atomic E-state index is 0. The van der Waals surface area contributed by atoms with Gasteiger partial charge in [-0.15, -0.1) is 24.0 Å². The standard InChI is InChI=1S/C20H27N5.HI/c1-3-21-20(23-15-18-9-12-24(2)16-18)22-14-17-7-6-8-19(13-17)25-10-4-5-11-25;/h4-9,12-13,16H,3,10-11,14-15H2,1-2H3,(H2,21,22,23);1H. The Hall–Kier alpha value is -1.96. The van der Waals surface area contributed by atoms with E-state index in [0.29, 0.717) is 6.54 Å². The average Bonchev–Trinajstić information content (AvgIpc) is 3.29. The summed E-state index contributed by atoms with van der Waals surface area (Å²) in [5.74, 6) is 0.847. The van der Waals surface area contributed by atoms with Gasteiger partial charge in [-0.05, 0) is 36.2 Å². The van der Waals surface area contributed by atoms with Crippen molar-refractivity contribution in [3.8, 4) is 0 Å². The molecular formula is C20H28IN5. The van der Waals surface area contributed by atoms with Crippen molar-refractivity contribution in [2.45, 2.75) is 20.0 Å². The number of hydrogen-bond donors (Lipinski definition) is 2. The van der Waals surface area contributed by atoms with Crippen molar-refractivity contribution in [3.05, 3.63) is 66.0 Å². The van der Waals surface area contributed by atoms with Gasteiger partial charge in [0.05, 0.1) is 6.54 Å². The summed E-state index contributed by atoms with van der Waals surface area (Å²) < 4.78 is 2.05. The molecule has 0 saturated heterocycles. The number of rotatable bonds is 6. The van der Waals surface area contributed by atoms with E-state index in [2.05, 4.69) is 76.1 Å². The van der Waals surface area contributed by atoms with Crippen LogP contribution in [0.4, 0.5) is 5.69 Å². The second-order valence-corrected chi connectivity index (χ2v) is 6.28. The minimum Gasteiger partial charge on any atom is -0.364 e. The summed E-state index contributed by atoms with van der Waals surface area (Å²) in [6.45, 7) is 6.36. The van der Waals surface area contributed by atoms with Gasteiger partial charge >= 0.3 is 0 Å². The van der Waals surface area contributed by atoms with Crippen LogP contribution in [0.15, 0.2) is 59.9 Å². The van der Waals surface area contributed by atoms with Crippen LogP contribution in [0.3, 0.4) is 0 Å². The minimum atomic E-state index is 0. The molecule has 0 aliphatic carbocycles. The fourth-order valence-corrected chi connectivity index (χ4v) is 2.90. The molecule has 6 heteroatoms. The van der Waals surface area contributed by atoms with Crippen molar-refractivity contribution in [1.82, 2.24) is 15.2 Å². The van der Waals surface area contributed by atoms with Crippen molar-refractivity contribution >= 4 is 35.6 Å². The zero-order valence-corrected chi connectivity index (χ0v) is 17.8. The molecule has 2 heterocycles. The first-order chi connectivity index (χ1) is 12.2. The quantitative estimate of drug-likeness (QED) is 0.298. The summed E-state index contributed by atoms with van der Waals surface area (Å²) in [5.41, 5.74) is 3.74. The molecule has 1 aliphatic heterocycles. The molecule has 5 nitrogen and oxygen atoms in total. The van der Waals surface area contributed by atoms with Crippen molar-refractivity contribution in [1.29, 1.82) is 0 Å². The molecule has 1 aromatic heterocycles. The van der Waals surface area contributed by atoms with Crippen molar-refractivity contribution < 1.29 is 0 Å². The molecule has 140 valence electrons. The normalized spacial score (nSPS) is 13.6. The Morgan fingerprint density at radius 3 is 2.62 bits per heavy atom. The van der Waals surface area contributed by atoms with Crippen LogP contribution in [0.1, 0.15) is 18.1 Å². The summed E-state index contributed by atoms with van der Waals surface area (Å²) in [6.07, 6.45) is 8.57. The smallest absolute Gasteiger partial charge is 0.191 e. The summed E-state index contributed by atoms with van der Waals surface area (Å²) >= 11 is 0. The maximum Gasteiger partial charge on any atom is 0.191 e. The molecule has 0 unspecified atom stereocenters. The number of hydrogen-bond acceptors (Lipinski definition) is 2. The molecule has 1 aliphatic rings. The number of halogens is 1. The van der Waals surface area contributed by atoms with Crippen molar-refractivity contribution in [2.24, 2.45) is 12.0 Å². The van der Waals surface area contributed by atoms with E-state index in [-0.39, 0.29) is 24.0 Å². The molecular weight excluding hydrogens is 437 g/mol. The van der Waals surface area contributed by atoms with Crippen molar-refractivity contribution in [2.75, 3.05) is 24.5 Å². The van der Waals surface area contributed by atoms with Gasteiger partial charge < -0.3 is 20.1 Å². The molecule has 0 amide bonds. The van der Waals surface area contributed by atoms with Gasteiger partial charge in [0, 0.05) is 51.3 Å². The summed E-state index contributed by atoms with van der Waals surface area (Å²) in [5, 5.41) is 6.74. The number of anilines is 1. The Balaban J connectivity index is 0.00000243. The van der Waals surface area contributed by atoms with E-state index in [1.54, 1.807) is 0 Å². The van der Waals surface area contributed by atoms with Crippen LogP contribution < -0.4 is 15.5 Å². The molecule has 0 bridgehead atoms. The fraction of sp³-hybridized carbons (Fsp3) is 0.350. The Bertz CT molecular complexity index is 742. The molecule has 2 N–H and O–H groups in total. The van der Waals surface area contributed by atoms with E-state index in [1.165, 1.54) is 16.8 Å². The molecule has 0 fully saturated rings. The Morgan fingerprint density at radius 1 is 1.12 bits per heavy atom. The van der Waals surface area contributed by atoms with Crippen LogP contribution in [-0.4, -0.2) is 30.2 Å². The second kappa shape index (κ2) is 10.3. The van der Waals surface area contributed by atoms with Crippen LogP contribution in [0.5, 0.6) is 0 Å². The van der Waals surface area contributed by atoms with Gasteiger partial charge in [0.25, 0.3) is 0 Å². The third-order valence-corrected chi connectivity index (χ3v) is 4.21. The summed E-state index contributed by atoms with van der Waals surface area (Å²) in [7, 11) is 2.03. The van der Waals surface area contributed by atoms with Gasteiger partial charge in [-0.1, -0.05) is 24.3 Å². The third-order valence-electron chi connectivity index (χ3n) is 4.21. The van der Waals surface area contributed by atoms with E-state index in [1.807, 2.05) is 17.8 Å². The first-order valence-electron chi connectivity index (χ1n) is 8.86. The number of nitrogens with zero attached hydrogens (tertiary/aromatic N) is 3. The number of nitrogens with one attached hydrogen (secondary N) is 2. The van der Waals surface area contributed by atoms with E-state index >= 15 is 0 Å². The number of aryl methyl sites for hydroxylation is 1. The van der Waals surface area contributed by atoms with Crippen LogP contribution in [0, 0.1) is 0 Å². The lowest BCUT2D eigenvalue weighted by molar-refractivity contribution is 0.814. The Labute approximate surface area is 173 Å². The van der Waals surface area contributed by atoms with E-state index < -0.39 is 0 Å². The zero-order valence-electron chi connectivity index (χ0n) is 15.5. The number of guanidine groups is 1. The topological polar surface area (TPSA) is 44.6 Å². The maximum absolute atomic E-state index is 4.67. The van der Waals surface area contributed by atoms with Gasteiger partial charge in [-0.2, -0.15) is 0 Å². The van der Waals surface area contributed by atoms with Crippen LogP contribution in [-0.2, 0) is 20.1 Å². The lowest BCUT2D eigenvalue weighted by Gasteiger charge is -2.19. The highest BCUT2D eigenvalue weighted by Gasteiger charge is 2.08. The second-order valence-electron chi connectivity index (χ2n) is 6.28. The Kier molecular flexibility index (Phi) is 8.03. The lowest BCUT2D eigenvalue weighted by Crippen LogP contribution is -2.36. The molecule has 0 atom stereocenters. The molecule has 2 aromatic rings. The fourth-order valence-electron chi connectivity index (χ4n) is 2.90. The summed E-state index contributed by atoms with van der Waals surface area (Å²) in [6, 6.07) is 10.8. The number of aromatic nitrogens is 1. The SMILES string of the molecule is CCNC(=NCc1ccn(C)c1)NCc1cccc(N2CC=CC2)c1.I. The van der Waals surface area contributed by atoms with Crippen molar-refractivity contribution in [3.63, 3.8) is 0 Å². The van der Waals surface area contributed by atoms with E-state index in [0.717, 1.165) is 32.1 Å². The summed E-state index contributed by atoms with van der Waals surface area (Å²) in [4.78, 5) is 7.03. The van der Waals surface area contributed by atoms with Gasteiger partial charge in [-0.3, -0.25) is 0 Å². The number of aliphatic imine (C=N–C) groups is 1. The van der Waals surface area contributed by atoms with Crippen LogP contribution in [0.2, 0.25) is 0 Å². The Morgan fingerprint density at radius 2 is 1.92 bits per heavy atom. The first-order valence-corrected chi connectivity index (χ1v) is 8.86. The lowest BCUT2D eigenvalue weighted by atomic mass is 10.2. The van der Waals surface area contributed by atoms with E-state index in [9.17, 15) is 0 Å². The van der Waals surface area contributed by atoms with Gasteiger partial charge in [0.2, 0.25) is 0 Å². The van der Waals surface area contributed by atoms with Crippen LogP contribution >= 0.6 is 24.0 Å². The zero-order chi connectivity index (χ0) is 17.5. The predicted octanol–water partition coefficient (Wildman–Crippen LogP) is 3.27. The molecule has 0 saturated carbocycles. The number of benzene rings is 1. The first kappa shape index (κ1) is 20.4. The molecule has 0 spiro atoms. The highest BCUT2D eigenvalue weighted by Crippen LogP contribution is 2.18. The van der Waals surface area contributed by atoms with Crippen LogP contribution in [0.25, 0.3) is 0 Å². The maximum atomic E-state index is 4.67. The monoisotopic (exact) mass is 465 g/mol.